The van der Waals surface area contributed by atoms with Crippen LogP contribution < -0.4 is 63.3 Å². The zero-order valence-electron chi connectivity index (χ0n) is 7.39. The van der Waals surface area contributed by atoms with Gasteiger partial charge in [-0.05, 0) is 0 Å². The topological polar surface area (TPSA) is 135 Å². The van der Waals surface area contributed by atoms with E-state index >= 15 is 0 Å². The Kier molecular flexibility index (Phi) is 7.85. The fourth-order valence-electron chi connectivity index (χ4n) is 0.703. The van der Waals surface area contributed by atoms with Crippen LogP contribution in [-0.2, 0) is 14.4 Å². The van der Waals surface area contributed by atoms with Crippen LogP contribution in [0.5, 0.6) is 0 Å². The summed E-state index contributed by atoms with van der Waals surface area (Å²) in [5.74, 6) is -5.34. The second-order valence-electron chi connectivity index (χ2n) is 2.46. The smallest absolute Gasteiger partial charge is 0.550 e. The molecule has 0 radical (unpaired) electrons. The number of aliphatic hydroxyl groups is 1. The van der Waals surface area contributed by atoms with E-state index in [0.717, 1.165) is 0 Å². The summed E-state index contributed by atoms with van der Waals surface area (Å²) in [6.45, 7) is 0. The Bertz CT molecular complexity index is 233. The van der Waals surface area contributed by atoms with Crippen molar-refractivity contribution < 1.29 is 93.0 Å². The summed E-state index contributed by atoms with van der Waals surface area (Å²) in [4.78, 5) is 30.3. The zero-order valence-corrected chi connectivity index (χ0v) is 12.3. The molecule has 0 saturated heterocycles. The summed E-state index contributed by atoms with van der Waals surface area (Å²) in [6, 6.07) is 0. The average molecular weight is 277 g/mol. The molecule has 0 rings (SSSR count). The molecule has 0 aromatic rings. The van der Waals surface area contributed by atoms with Gasteiger partial charge in [0, 0.05) is 12.4 Å². The van der Waals surface area contributed by atoms with Crippen molar-refractivity contribution in [3.05, 3.63) is 0 Å². The summed E-state index contributed by atoms with van der Waals surface area (Å²) < 4.78 is 0. The zero-order chi connectivity index (χ0) is 10.6. The van der Waals surface area contributed by atoms with Gasteiger partial charge >= 0.3 is 70.1 Å². The van der Waals surface area contributed by atoms with Crippen molar-refractivity contribution in [2.75, 3.05) is 0 Å². The van der Waals surface area contributed by atoms with Gasteiger partial charge in [-0.1, -0.05) is 0 Å². The number of rotatable bonds is 5. The van der Waals surface area contributed by atoms with Crippen LogP contribution in [0.15, 0.2) is 0 Å². The minimum Gasteiger partial charge on any atom is -0.550 e. The molecule has 8 heteroatoms. The van der Waals surface area contributed by atoms with Crippen molar-refractivity contribution in [3.8, 4) is 0 Å². The Morgan fingerprint density at radius 3 is 1.79 bits per heavy atom. The third kappa shape index (κ3) is 5.81. The molecule has 0 bridgehead atoms. The molecule has 1 atom stereocenters. The minimum absolute atomic E-state index is 0. The van der Waals surface area contributed by atoms with E-state index in [1.807, 2.05) is 0 Å². The molecule has 14 heavy (non-hydrogen) atoms. The Hall–Kier alpha value is 0.175. The van der Waals surface area contributed by atoms with Gasteiger partial charge in [0.15, 0.2) is 5.60 Å². The first-order chi connectivity index (χ1) is 5.78. The predicted molar refractivity (Wildman–Crippen MR) is 34.5 cm³/mol. The number of hydrogen-bond acceptors (Lipinski definition) is 5. The van der Waals surface area contributed by atoms with Gasteiger partial charge in [-0.25, -0.2) is 4.79 Å². The number of carbonyl (C=O) groups is 3. The minimum atomic E-state index is -2.80. The third-order valence-electron chi connectivity index (χ3n) is 1.28. The van der Waals surface area contributed by atoms with Gasteiger partial charge < -0.3 is 25.2 Å². The van der Waals surface area contributed by atoms with Crippen LogP contribution in [0.3, 0.4) is 0 Å². The first-order valence-electron chi connectivity index (χ1n) is 3.15. The maximum Gasteiger partial charge on any atom is 1.00 e. The van der Waals surface area contributed by atoms with Gasteiger partial charge in [0.25, 0.3) is 0 Å². The SMILES string of the molecule is O=C([O-])CC(O)(CC(=O)O)C(=O)O.[Rb+]. The maximum absolute atomic E-state index is 10.3. The maximum atomic E-state index is 10.3. The van der Waals surface area contributed by atoms with E-state index < -0.39 is 36.4 Å². The summed E-state index contributed by atoms with van der Waals surface area (Å²) in [5, 5.41) is 35.5. The Labute approximate surface area is 128 Å². The van der Waals surface area contributed by atoms with E-state index in [1.54, 1.807) is 0 Å². The number of carboxylic acid groups (broad SMARTS) is 3. The van der Waals surface area contributed by atoms with Crippen molar-refractivity contribution in [2.24, 2.45) is 0 Å². The molecule has 0 spiro atoms. The number of hydrogen-bond donors (Lipinski definition) is 3. The molecule has 7 nitrogen and oxygen atoms in total. The quantitative estimate of drug-likeness (QED) is 0.455. The molecular weight excluding hydrogens is 270 g/mol. The van der Waals surface area contributed by atoms with E-state index in [4.69, 9.17) is 15.3 Å². The van der Waals surface area contributed by atoms with Crippen molar-refractivity contribution in [1.29, 1.82) is 0 Å². The van der Waals surface area contributed by atoms with Crippen LogP contribution in [0.1, 0.15) is 12.8 Å². The largest absolute Gasteiger partial charge is 1.00 e. The van der Waals surface area contributed by atoms with Crippen LogP contribution in [0.4, 0.5) is 0 Å². The first-order valence-corrected chi connectivity index (χ1v) is 3.15. The number of carboxylic acids is 3. The molecule has 0 aliphatic rings. The average Bonchev–Trinajstić information content (AvgIpc) is 1.82. The van der Waals surface area contributed by atoms with Crippen LogP contribution >= 0.6 is 0 Å². The van der Waals surface area contributed by atoms with Crippen LogP contribution in [0, 0.1) is 0 Å². The van der Waals surface area contributed by atoms with Crippen molar-refractivity contribution in [1.82, 2.24) is 0 Å². The van der Waals surface area contributed by atoms with Crippen molar-refractivity contribution >= 4 is 17.9 Å². The second-order valence-corrected chi connectivity index (χ2v) is 2.46. The predicted octanol–water partition coefficient (Wildman–Crippen LogP) is -5.58. The molecule has 0 aliphatic carbocycles. The van der Waals surface area contributed by atoms with Crippen LogP contribution in [-0.4, -0.2) is 38.8 Å². The van der Waals surface area contributed by atoms with E-state index in [9.17, 15) is 19.5 Å². The van der Waals surface area contributed by atoms with E-state index in [0.29, 0.717) is 0 Å². The molecule has 0 fully saturated rings. The monoisotopic (exact) mass is 276 g/mol. The Balaban J connectivity index is 0. The van der Waals surface area contributed by atoms with Gasteiger partial charge in [-0.2, -0.15) is 0 Å². The van der Waals surface area contributed by atoms with Gasteiger partial charge in [0.1, 0.15) is 0 Å². The summed E-state index contributed by atoms with van der Waals surface area (Å²) in [5.41, 5.74) is -2.80. The number of aliphatic carboxylic acids is 3. The molecule has 0 amide bonds. The molecule has 0 heterocycles. The van der Waals surface area contributed by atoms with Gasteiger partial charge in [0.2, 0.25) is 0 Å². The fraction of sp³-hybridized carbons (Fsp3) is 0.500. The standard InChI is InChI=1S/C6H8O7.Rb/c7-3(8)1-6(13,5(11)12)2-4(9)10;/h13H,1-2H2,(H,7,8)(H,9,10)(H,11,12);/q;+1/p-1. The third-order valence-corrected chi connectivity index (χ3v) is 1.28. The first kappa shape index (κ1) is 16.6. The van der Waals surface area contributed by atoms with E-state index in [-0.39, 0.29) is 58.2 Å². The summed E-state index contributed by atoms with van der Waals surface area (Å²) >= 11 is 0. The van der Waals surface area contributed by atoms with Crippen molar-refractivity contribution in [3.63, 3.8) is 0 Å². The Morgan fingerprint density at radius 1 is 1.14 bits per heavy atom. The van der Waals surface area contributed by atoms with E-state index in [1.165, 1.54) is 0 Å². The van der Waals surface area contributed by atoms with Gasteiger partial charge in [-0.3, -0.25) is 4.79 Å². The molecule has 1 unspecified atom stereocenters. The second kappa shape index (κ2) is 6.62. The fourth-order valence-corrected chi connectivity index (χ4v) is 0.703. The molecule has 0 aromatic heterocycles. The normalized spacial score (nSPS) is 13.5. The molecule has 0 saturated carbocycles. The molecule has 0 aromatic carbocycles. The summed E-state index contributed by atoms with van der Waals surface area (Å²) in [7, 11) is 0. The molecule has 3 N–H and O–H groups in total. The molecule has 0 aliphatic heterocycles. The summed E-state index contributed by atoms with van der Waals surface area (Å²) in [6.07, 6.45) is -2.44. The van der Waals surface area contributed by atoms with E-state index in [2.05, 4.69) is 0 Å². The van der Waals surface area contributed by atoms with Gasteiger partial charge in [0.05, 0.1) is 6.42 Å². The molecular formula is C6H7O7Rb. The molecule has 74 valence electrons. The Morgan fingerprint density at radius 2 is 1.57 bits per heavy atom. The van der Waals surface area contributed by atoms with Crippen LogP contribution in [0.25, 0.3) is 0 Å². The number of carbonyl (C=O) groups excluding carboxylic acids is 1. The van der Waals surface area contributed by atoms with Crippen LogP contribution in [0.2, 0.25) is 0 Å². The van der Waals surface area contributed by atoms with Crippen molar-refractivity contribution in [2.45, 2.75) is 18.4 Å². The van der Waals surface area contributed by atoms with Gasteiger partial charge in [-0.15, -0.1) is 0 Å².